The van der Waals surface area contributed by atoms with Crippen LogP contribution in [-0.2, 0) is 0 Å². The van der Waals surface area contributed by atoms with Gasteiger partial charge in [0, 0.05) is 12.7 Å². The Morgan fingerprint density at radius 2 is 2.17 bits per heavy atom. The van der Waals surface area contributed by atoms with Crippen molar-refractivity contribution in [2.24, 2.45) is 5.92 Å². The molecular formula is C17H23N3O2S. The molecule has 124 valence electrons. The molecule has 0 saturated carbocycles. The molecule has 2 amide bonds. The van der Waals surface area contributed by atoms with Gasteiger partial charge < -0.3 is 15.7 Å². The Hall–Kier alpha value is -1.92. The highest BCUT2D eigenvalue weighted by molar-refractivity contribution is 7.07. The number of amides is 2. The van der Waals surface area contributed by atoms with Crippen LogP contribution in [-0.4, -0.2) is 22.7 Å². The van der Waals surface area contributed by atoms with E-state index >= 15 is 0 Å². The van der Waals surface area contributed by atoms with Gasteiger partial charge in [-0.15, -0.1) is 0 Å². The molecule has 0 aliphatic heterocycles. The number of carbonyl (C=O) groups is 1. The van der Waals surface area contributed by atoms with Crippen LogP contribution in [0.25, 0.3) is 0 Å². The van der Waals surface area contributed by atoms with Gasteiger partial charge in [0.1, 0.15) is 0 Å². The van der Waals surface area contributed by atoms with Crippen molar-refractivity contribution in [2.45, 2.75) is 32.9 Å². The summed E-state index contributed by atoms with van der Waals surface area (Å²) in [6.45, 7) is 6.24. The van der Waals surface area contributed by atoms with Gasteiger partial charge in [0.2, 0.25) is 0 Å². The van der Waals surface area contributed by atoms with E-state index in [2.05, 4.69) is 15.6 Å². The molecule has 0 fully saturated rings. The number of nitrogens with one attached hydrogen (secondary N) is 2. The molecule has 0 radical (unpaired) electrons. The number of carbonyl (C=O) groups excluding carboxylic acids is 1. The number of hydrogen-bond acceptors (Lipinski definition) is 4. The average molecular weight is 333 g/mol. The Labute approximate surface area is 140 Å². The fourth-order valence-electron chi connectivity index (χ4n) is 2.34. The van der Waals surface area contributed by atoms with Crippen molar-refractivity contribution in [3.8, 4) is 0 Å². The first-order valence-electron chi connectivity index (χ1n) is 7.65. The van der Waals surface area contributed by atoms with Crippen LogP contribution in [0.5, 0.6) is 0 Å². The second-order valence-electron chi connectivity index (χ2n) is 5.85. The summed E-state index contributed by atoms with van der Waals surface area (Å²) in [5.74, 6) is 0.205. The smallest absolute Gasteiger partial charge is 0.315 e. The predicted molar refractivity (Wildman–Crippen MR) is 92.4 cm³/mol. The number of rotatable bonds is 6. The monoisotopic (exact) mass is 333 g/mol. The van der Waals surface area contributed by atoms with E-state index in [0.29, 0.717) is 0 Å². The summed E-state index contributed by atoms with van der Waals surface area (Å²) in [6, 6.07) is 5.24. The Balaban J connectivity index is 1.95. The molecule has 2 heterocycles. The van der Waals surface area contributed by atoms with Crippen LogP contribution in [0.3, 0.4) is 0 Å². The van der Waals surface area contributed by atoms with Gasteiger partial charge in [-0.25, -0.2) is 4.79 Å². The maximum atomic E-state index is 12.2. The van der Waals surface area contributed by atoms with Crippen LogP contribution in [0.1, 0.15) is 42.8 Å². The maximum absolute atomic E-state index is 12.2. The lowest BCUT2D eigenvalue weighted by Crippen LogP contribution is -2.41. The molecule has 2 rings (SSSR count). The van der Waals surface area contributed by atoms with Crippen molar-refractivity contribution < 1.29 is 9.90 Å². The molecule has 0 spiro atoms. The summed E-state index contributed by atoms with van der Waals surface area (Å²) < 4.78 is 0. The largest absolute Gasteiger partial charge is 0.387 e. The second kappa shape index (κ2) is 8.08. The van der Waals surface area contributed by atoms with Crippen molar-refractivity contribution in [3.05, 3.63) is 52.0 Å². The lowest BCUT2D eigenvalue weighted by Gasteiger charge is -2.24. The van der Waals surface area contributed by atoms with Crippen molar-refractivity contribution in [2.75, 3.05) is 6.54 Å². The van der Waals surface area contributed by atoms with Crippen molar-refractivity contribution >= 4 is 17.4 Å². The SMILES string of the molecule is Cc1cccnc1C(NC(=O)NCC(O)c1ccsc1)C(C)C. The number of aliphatic hydroxyl groups is 1. The Morgan fingerprint density at radius 3 is 2.78 bits per heavy atom. The second-order valence-corrected chi connectivity index (χ2v) is 6.63. The highest BCUT2D eigenvalue weighted by atomic mass is 32.1. The Bertz CT molecular complexity index is 629. The molecular weight excluding hydrogens is 310 g/mol. The number of aromatic nitrogens is 1. The van der Waals surface area contributed by atoms with Crippen LogP contribution in [0.2, 0.25) is 0 Å². The van der Waals surface area contributed by atoms with Crippen LogP contribution in [0, 0.1) is 12.8 Å². The Kier molecular flexibility index (Phi) is 6.12. The summed E-state index contributed by atoms with van der Waals surface area (Å²) in [5.41, 5.74) is 2.73. The average Bonchev–Trinajstić information content (AvgIpc) is 3.05. The van der Waals surface area contributed by atoms with Gasteiger partial charge in [0.25, 0.3) is 0 Å². The topological polar surface area (TPSA) is 74.2 Å². The Morgan fingerprint density at radius 1 is 1.39 bits per heavy atom. The number of aryl methyl sites for hydroxylation is 1. The molecule has 0 saturated heterocycles. The summed E-state index contributed by atoms with van der Waals surface area (Å²) in [7, 11) is 0. The first-order valence-corrected chi connectivity index (χ1v) is 8.59. The predicted octanol–water partition coefficient (Wildman–Crippen LogP) is 3.18. The summed E-state index contributed by atoms with van der Waals surface area (Å²) in [5, 5.41) is 19.5. The van der Waals surface area contributed by atoms with Crippen molar-refractivity contribution in [1.82, 2.24) is 15.6 Å². The zero-order valence-corrected chi connectivity index (χ0v) is 14.4. The third kappa shape index (κ3) is 4.77. The van der Waals surface area contributed by atoms with Gasteiger partial charge in [0.15, 0.2) is 0 Å². The molecule has 2 aromatic rings. The summed E-state index contributed by atoms with van der Waals surface area (Å²) in [6.07, 6.45) is 1.04. The molecule has 3 N–H and O–H groups in total. The maximum Gasteiger partial charge on any atom is 0.315 e. The molecule has 2 aromatic heterocycles. The van der Waals surface area contributed by atoms with Crippen LogP contribution in [0.4, 0.5) is 4.79 Å². The number of urea groups is 1. The van der Waals surface area contributed by atoms with Crippen molar-refractivity contribution in [3.63, 3.8) is 0 Å². The molecule has 0 bridgehead atoms. The number of thiophene rings is 1. The van der Waals surface area contributed by atoms with E-state index in [1.165, 1.54) is 11.3 Å². The number of aliphatic hydroxyl groups excluding tert-OH is 1. The van der Waals surface area contributed by atoms with Gasteiger partial charge in [-0.1, -0.05) is 19.9 Å². The molecule has 23 heavy (non-hydrogen) atoms. The molecule has 5 nitrogen and oxygen atoms in total. The minimum atomic E-state index is -0.693. The van der Waals surface area contributed by atoms with E-state index in [-0.39, 0.29) is 24.5 Å². The fraction of sp³-hybridized carbons (Fsp3) is 0.412. The number of pyridine rings is 1. The van der Waals surface area contributed by atoms with E-state index in [9.17, 15) is 9.90 Å². The molecule has 2 unspecified atom stereocenters. The summed E-state index contributed by atoms with van der Waals surface area (Å²) >= 11 is 1.52. The van der Waals surface area contributed by atoms with E-state index in [1.54, 1.807) is 6.20 Å². The van der Waals surface area contributed by atoms with Crippen LogP contribution < -0.4 is 10.6 Å². The quantitative estimate of drug-likeness (QED) is 0.760. The van der Waals surface area contributed by atoms with Gasteiger partial charge in [-0.05, 0) is 46.9 Å². The molecule has 6 heteroatoms. The normalized spacial score (nSPS) is 13.6. The highest BCUT2D eigenvalue weighted by Crippen LogP contribution is 2.22. The first kappa shape index (κ1) is 17.4. The number of nitrogens with zero attached hydrogens (tertiary/aromatic N) is 1. The lowest BCUT2D eigenvalue weighted by molar-refractivity contribution is 0.172. The third-order valence-electron chi connectivity index (χ3n) is 3.68. The molecule has 0 aliphatic rings. The zero-order chi connectivity index (χ0) is 16.8. The fourth-order valence-corrected chi connectivity index (χ4v) is 3.05. The van der Waals surface area contributed by atoms with E-state index < -0.39 is 6.10 Å². The lowest BCUT2D eigenvalue weighted by atomic mass is 9.97. The molecule has 0 aromatic carbocycles. The van der Waals surface area contributed by atoms with Gasteiger partial charge in [-0.3, -0.25) is 4.98 Å². The standard InChI is InChI=1S/C17H23N3O2S/c1-11(2)15(16-12(3)5-4-7-18-16)20-17(22)19-9-14(21)13-6-8-23-10-13/h4-8,10-11,14-15,21H,9H2,1-3H3,(H2,19,20,22). The summed E-state index contributed by atoms with van der Waals surface area (Å²) in [4.78, 5) is 16.6. The van der Waals surface area contributed by atoms with Gasteiger partial charge in [0.05, 0.1) is 17.8 Å². The first-order chi connectivity index (χ1) is 11.0. The van der Waals surface area contributed by atoms with Crippen LogP contribution in [0.15, 0.2) is 35.2 Å². The minimum Gasteiger partial charge on any atom is -0.387 e. The van der Waals surface area contributed by atoms with Crippen LogP contribution >= 0.6 is 11.3 Å². The third-order valence-corrected chi connectivity index (χ3v) is 4.38. The molecule has 0 aliphatic carbocycles. The van der Waals surface area contributed by atoms with E-state index in [1.807, 2.05) is 49.7 Å². The zero-order valence-electron chi connectivity index (χ0n) is 13.6. The van der Waals surface area contributed by atoms with E-state index in [0.717, 1.165) is 16.8 Å². The highest BCUT2D eigenvalue weighted by Gasteiger charge is 2.21. The van der Waals surface area contributed by atoms with E-state index in [4.69, 9.17) is 0 Å². The molecule has 2 atom stereocenters. The van der Waals surface area contributed by atoms with Crippen molar-refractivity contribution in [1.29, 1.82) is 0 Å². The number of hydrogen-bond donors (Lipinski definition) is 3. The van der Waals surface area contributed by atoms with Gasteiger partial charge in [-0.2, -0.15) is 11.3 Å². The minimum absolute atomic E-state index is 0.172. The van der Waals surface area contributed by atoms with Gasteiger partial charge >= 0.3 is 6.03 Å².